The van der Waals surface area contributed by atoms with Crippen molar-refractivity contribution in [3.63, 3.8) is 0 Å². The molecule has 0 saturated carbocycles. The largest absolute Gasteiger partial charge is 0.508 e. The Morgan fingerprint density at radius 2 is 2.05 bits per heavy atom. The van der Waals surface area contributed by atoms with Crippen LogP contribution >= 0.6 is 0 Å². The first-order chi connectivity index (χ1) is 9.45. The molecule has 104 valence electrons. The van der Waals surface area contributed by atoms with Gasteiger partial charge in [0.15, 0.2) is 0 Å². The van der Waals surface area contributed by atoms with Crippen LogP contribution in [0.1, 0.15) is 11.1 Å². The van der Waals surface area contributed by atoms with Gasteiger partial charge in [0.1, 0.15) is 17.3 Å². The molecule has 0 aliphatic rings. The van der Waals surface area contributed by atoms with E-state index in [1.54, 1.807) is 12.1 Å². The molecule has 6 heteroatoms. The molecule has 2 aromatic carbocycles. The predicted molar refractivity (Wildman–Crippen MR) is 73.2 cm³/mol. The zero-order chi connectivity index (χ0) is 14.7. The number of nitro benzene ring substituents is 1. The number of aromatic hydroxyl groups is 1. The first-order valence-corrected chi connectivity index (χ1v) is 5.93. The number of hydrogen-bond acceptors (Lipinski definition) is 4. The Morgan fingerprint density at radius 3 is 2.70 bits per heavy atom. The van der Waals surface area contributed by atoms with Gasteiger partial charge in [-0.3, -0.25) is 10.1 Å². The molecule has 0 spiro atoms. The lowest BCUT2D eigenvalue weighted by atomic mass is 10.1. The molecule has 2 rings (SSSR count). The van der Waals surface area contributed by atoms with Crippen LogP contribution in [0.2, 0.25) is 0 Å². The topological polar surface area (TPSA) is 75.4 Å². The lowest BCUT2D eigenvalue weighted by Crippen LogP contribution is -2.03. The lowest BCUT2D eigenvalue weighted by Gasteiger charge is -2.08. The van der Waals surface area contributed by atoms with E-state index >= 15 is 0 Å². The maximum Gasteiger partial charge on any atom is 0.292 e. The quantitative estimate of drug-likeness (QED) is 0.663. The second-order valence-corrected chi connectivity index (χ2v) is 4.45. The van der Waals surface area contributed by atoms with Crippen LogP contribution in [-0.4, -0.2) is 10.0 Å². The van der Waals surface area contributed by atoms with Gasteiger partial charge in [-0.15, -0.1) is 0 Å². The number of rotatable bonds is 4. The van der Waals surface area contributed by atoms with E-state index in [1.165, 1.54) is 18.2 Å². The number of aryl methyl sites for hydroxylation is 1. The minimum Gasteiger partial charge on any atom is -0.508 e. The molecule has 0 aliphatic heterocycles. The van der Waals surface area contributed by atoms with Gasteiger partial charge in [-0.1, -0.05) is 6.07 Å². The number of phenols is 1. The number of nitrogens with zero attached hydrogens (tertiary/aromatic N) is 1. The summed E-state index contributed by atoms with van der Waals surface area (Å²) in [6.07, 6.45) is 0. The fourth-order valence-electron chi connectivity index (χ4n) is 1.88. The zero-order valence-electron chi connectivity index (χ0n) is 10.8. The van der Waals surface area contributed by atoms with Crippen molar-refractivity contribution in [3.05, 3.63) is 63.5 Å². The van der Waals surface area contributed by atoms with Crippen LogP contribution in [0.3, 0.4) is 0 Å². The molecule has 0 heterocycles. The average molecular weight is 276 g/mol. The zero-order valence-corrected chi connectivity index (χ0v) is 10.8. The third kappa shape index (κ3) is 3.23. The lowest BCUT2D eigenvalue weighted by molar-refractivity contribution is -0.384. The first-order valence-electron chi connectivity index (χ1n) is 5.93. The molecule has 0 radical (unpaired) electrons. The SMILES string of the molecule is Cc1ccc([N+](=O)[O-])c(NCc2cc(O)cc(F)c2)c1. The van der Waals surface area contributed by atoms with Crippen LogP contribution in [0.25, 0.3) is 0 Å². The average Bonchev–Trinajstić information content (AvgIpc) is 2.35. The third-order valence-corrected chi connectivity index (χ3v) is 2.77. The Kier molecular flexibility index (Phi) is 3.84. The van der Waals surface area contributed by atoms with Gasteiger partial charge in [0.25, 0.3) is 5.69 Å². The summed E-state index contributed by atoms with van der Waals surface area (Å²) in [7, 11) is 0. The van der Waals surface area contributed by atoms with Crippen LogP contribution < -0.4 is 5.32 Å². The molecule has 0 unspecified atom stereocenters. The second-order valence-electron chi connectivity index (χ2n) is 4.45. The third-order valence-electron chi connectivity index (χ3n) is 2.77. The summed E-state index contributed by atoms with van der Waals surface area (Å²) >= 11 is 0. The Bertz CT molecular complexity index is 639. The molecule has 0 aromatic heterocycles. The van der Waals surface area contributed by atoms with E-state index < -0.39 is 10.7 Å². The smallest absolute Gasteiger partial charge is 0.292 e. The number of halogens is 1. The number of nitro groups is 1. The highest BCUT2D eigenvalue weighted by Crippen LogP contribution is 2.26. The van der Waals surface area contributed by atoms with Gasteiger partial charge < -0.3 is 10.4 Å². The molecule has 0 amide bonds. The van der Waals surface area contributed by atoms with E-state index in [0.29, 0.717) is 11.3 Å². The second kappa shape index (κ2) is 5.56. The van der Waals surface area contributed by atoms with Gasteiger partial charge in [0.2, 0.25) is 0 Å². The molecular formula is C14H13FN2O3. The Morgan fingerprint density at radius 1 is 1.30 bits per heavy atom. The van der Waals surface area contributed by atoms with Crippen molar-refractivity contribution in [2.24, 2.45) is 0 Å². The summed E-state index contributed by atoms with van der Waals surface area (Å²) in [6, 6.07) is 8.38. The number of hydrogen-bond donors (Lipinski definition) is 2. The summed E-state index contributed by atoms with van der Waals surface area (Å²) in [6.45, 7) is 2.00. The van der Waals surface area contributed by atoms with Crippen molar-refractivity contribution in [2.75, 3.05) is 5.32 Å². The summed E-state index contributed by atoms with van der Waals surface area (Å²) in [5, 5.41) is 23.1. The van der Waals surface area contributed by atoms with Crippen LogP contribution in [0, 0.1) is 22.9 Å². The molecule has 0 aliphatic carbocycles. The molecule has 20 heavy (non-hydrogen) atoms. The Hall–Kier alpha value is -2.63. The maximum atomic E-state index is 13.1. The summed E-state index contributed by atoms with van der Waals surface area (Å²) in [4.78, 5) is 10.4. The summed E-state index contributed by atoms with van der Waals surface area (Å²) < 4.78 is 13.1. The Balaban J connectivity index is 2.22. The van der Waals surface area contributed by atoms with Gasteiger partial charge in [-0.2, -0.15) is 0 Å². The summed E-state index contributed by atoms with van der Waals surface area (Å²) in [5.74, 6) is -0.735. The van der Waals surface area contributed by atoms with E-state index in [-0.39, 0.29) is 18.0 Å². The van der Waals surface area contributed by atoms with Crippen molar-refractivity contribution in [2.45, 2.75) is 13.5 Å². The fraction of sp³-hybridized carbons (Fsp3) is 0.143. The van der Waals surface area contributed by atoms with E-state index in [1.807, 2.05) is 6.92 Å². The fourth-order valence-corrected chi connectivity index (χ4v) is 1.88. The summed E-state index contributed by atoms with van der Waals surface area (Å²) in [5.41, 5.74) is 1.69. The van der Waals surface area contributed by atoms with Crippen LogP contribution in [-0.2, 0) is 6.54 Å². The van der Waals surface area contributed by atoms with E-state index in [9.17, 15) is 19.6 Å². The van der Waals surface area contributed by atoms with Crippen LogP contribution in [0.5, 0.6) is 5.75 Å². The van der Waals surface area contributed by atoms with Crippen molar-refractivity contribution < 1.29 is 14.4 Å². The van der Waals surface area contributed by atoms with Gasteiger partial charge >= 0.3 is 0 Å². The molecule has 2 N–H and O–H groups in total. The van der Waals surface area contributed by atoms with E-state index in [4.69, 9.17) is 0 Å². The minimum absolute atomic E-state index is 0.0452. The molecule has 5 nitrogen and oxygen atoms in total. The monoisotopic (exact) mass is 276 g/mol. The number of phenolic OH excluding ortho intramolecular Hbond substituents is 1. The van der Waals surface area contributed by atoms with Gasteiger partial charge in [-0.05, 0) is 36.2 Å². The van der Waals surface area contributed by atoms with Gasteiger partial charge in [-0.25, -0.2) is 4.39 Å². The van der Waals surface area contributed by atoms with E-state index in [0.717, 1.165) is 11.6 Å². The van der Waals surface area contributed by atoms with Crippen molar-refractivity contribution in [1.29, 1.82) is 0 Å². The van der Waals surface area contributed by atoms with Crippen LogP contribution in [0.4, 0.5) is 15.8 Å². The van der Waals surface area contributed by atoms with Gasteiger partial charge in [0, 0.05) is 18.7 Å². The molecular weight excluding hydrogens is 263 g/mol. The van der Waals surface area contributed by atoms with Crippen molar-refractivity contribution >= 4 is 11.4 Å². The highest BCUT2D eigenvalue weighted by molar-refractivity contribution is 5.62. The molecule has 0 fully saturated rings. The first kappa shape index (κ1) is 13.8. The number of benzene rings is 2. The highest BCUT2D eigenvalue weighted by Gasteiger charge is 2.13. The normalized spacial score (nSPS) is 10.3. The van der Waals surface area contributed by atoms with Crippen molar-refractivity contribution in [1.82, 2.24) is 0 Å². The number of nitrogens with one attached hydrogen (secondary N) is 1. The number of anilines is 1. The Labute approximate surface area is 114 Å². The molecule has 0 bridgehead atoms. The van der Waals surface area contributed by atoms with Gasteiger partial charge in [0.05, 0.1) is 4.92 Å². The maximum absolute atomic E-state index is 13.1. The minimum atomic E-state index is -0.555. The molecule has 0 atom stereocenters. The molecule has 0 saturated heterocycles. The molecule has 2 aromatic rings. The highest BCUT2D eigenvalue weighted by atomic mass is 19.1. The van der Waals surface area contributed by atoms with E-state index in [2.05, 4.69) is 5.32 Å². The predicted octanol–water partition coefficient (Wildman–Crippen LogP) is 3.36. The van der Waals surface area contributed by atoms with Crippen molar-refractivity contribution in [3.8, 4) is 5.75 Å². The standard InChI is InChI=1S/C14H13FN2O3/c1-9-2-3-14(17(19)20)13(4-9)16-8-10-5-11(15)7-12(18)6-10/h2-7,16,18H,8H2,1H3. The van der Waals surface area contributed by atoms with Crippen LogP contribution in [0.15, 0.2) is 36.4 Å².